The van der Waals surface area contributed by atoms with Crippen LogP contribution in [0.3, 0.4) is 0 Å². The highest BCUT2D eigenvalue weighted by Crippen LogP contribution is 2.29. The zero-order chi connectivity index (χ0) is 25.1. The Labute approximate surface area is 207 Å². The van der Waals surface area contributed by atoms with Crippen molar-refractivity contribution < 1.29 is 22.7 Å². The molecule has 0 unspecified atom stereocenters. The monoisotopic (exact) mass is 493 g/mol. The van der Waals surface area contributed by atoms with Crippen molar-refractivity contribution in [2.75, 3.05) is 18.0 Å². The van der Waals surface area contributed by atoms with E-state index in [2.05, 4.69) is 6.92 Å². The van der Waals surface area contributed by atoms with Crippen LogP contribution in [-0.4, -0.2) is 28.0 Å². The van der Waals surface area contributed by atoms with Gasteiger partial charge in [-0.1, -0.05) is 68.7 Å². The molecule has 0 bridgehead atoms. The van der Waals surface area contributed by atoms with Crippen molar-refractivity contribution in [3.05, 3.63) is 90.5 Å². The molecule has 0 aromatic heterocycles. The van der Waals surface area contributed by atoms with Crippen LogP contribution in [0.4, 0.5) is 5.69 Å². The molecular weight excluding hydrogens is 462 g/mol. The largest absolute Gasteiger partial charge is 0.493 e. The van der Waals surface area contributed by atoms with E-state index in [4.69, 9.17) is 9.47 Å². The minimum Gasteiger partial charge on any atom is -0.493 e. The fraction of sp³-hybridized carbons (Fsp3) is 0.250. The van der Waals surface area contributed by atoms with Crippen LogP contribution < -0.4 is 13.8 Å². The average molecular weight is 494 g/mol. The quantitative estimate of drug-likeness (QED) is 0.225. The molecule has 0 N–H and O–H groups in total. The third-order valence-corrected chi connectivity index (χ3v) is 7.07. The van der Waals surface area contributed by atoms with E-state index in [0.717, 1.165) is 23.6 Å². The minimum atomic E-state index is -4.11. The number of methoxy groups -OCH3 is 1. The molecule has 0 saturated carbocycles. The maximum Gasteiger partial charge on any atom is 0.271 e. The minimum absolute atomic E-state index is 0.0349. The molecule has 3 aromatic rings. The van der Waals surface area contributed by atoms with Crippen LogP contribution in [0.15, 0.2) is 89.8 Å². The standard InChI is InChI=1S/C28H31NO5S/c1-3-4-5-12-21-34-26-19-17-23(22-27(26)33-2)18-20-28(30)29(24-13-8-6-9-14-24)35(31,32)25-15-10-7-11-16-25/h6-11,13-20,22H,3-5,12,21H2,1-2H3/b20-18+. The summed E-state index contributed by atoms with van der Waals surface area (Å²) in [6, 6.07) is 21.5. The van der Waals surface area contributed by atoms with Crippen molar-refractivity contribution in [3.8, 4) is 11.5 Å². The fourth-order valence-electron chi connectivity index (χ4n) is 3.50. The van der Waals surface area contributed by atoms with E-state index >= 15 is 0 Å². The van der Waals surface area contributed by atoms with Gasteiger partial charge >= 0.3 is 0 Å². The summed E-state index contributed by atoms with van der Waals surface area (Å²) in [5.41, 5.74) is 0.939. The number of benzene rings is 3. The highest BCUT2D eigenvalue weighted by molar-refractivity contribution is 7.93. The molecule has 0 radical (unpaired) electrons. The van der Waals surface area contributed by atoms with Gasteiger partial charge in [0.2, 0.25) is 0 Å². The SMILES string of the molecule is CCCCCCOc1ccc(/C=C/C(=O)N(c2ccccc2)S(=O)(=O)c2ccccc2)cc1OC. The molecule has 184 valence electrons. The Balaban J connectivity index is 1.82. The van der Waals surface area contributed by atoms with Crippen LogP contribution in [0.2, 0.25) is 0 Å². The van der Waals surface area contributed by atoms with Crippen LogP contribution in [0.1, 0.15) is 38.2 Å². The van der Waals surface area contributed by atoms with E-state index in [1.54, 1.807) is 79.9 Å². The second-order valence-corrected chi connectivity index (χ2v) is 9.70. The van der Waals surface area contributed by atoms with Crippen LogP contribution in [0.5, 0.6) is 11.5 Å². The summed E-state index contributed by atoms with van der Waals surface area (Å²) >= 11 is 0. The van der Waals surface area contributed by atoms with E-state index in [0.29, 0.717) is 23.7 Å². The van der Waals surface area contributed by atoms with Gasteiger partial charge in [-0.3, -0.25) is 4.79 Å². The Bertz CT molecular complexity index is 1220. The summed E-state index contributed by atoms with van der Waals surface area (Å²) < 4.78 is 38.8. The van der Waals surface area contributed by atoms with Gasteiger partial charge in [0.15, 0.2) is 11.5 Å². The van der Waals surface area contributed by atoms with Crippen LogP contribution in [0.25, 0.3) is 6.08 Å². The molecule has 0 spiro atoms. The van der Waals surface area contributed by atoms with Gasteiger partial charge in [0.25, 0.3) is 15.9 Å². The Kier molecular flexibility index (Phi) is 9.49. The molecule has 0 saturated heterocycles. The van der Waals surface area contributed by atoms with Gasteiger partial charge in [-0.25, -0.2) is 8.42 Å². The molecule has 0 aliphatic carbocycles. The van der Waals surface area contributed by atoms with Crippen molar-refractivity contribution in [1.82, 2.24) is 0 Å². The molecule has 3 rings (SSSR count). The van der Waals surface area contributed by atoms with Crippen molar-refractivity contribution in [2.24, 2.45) is 0 Å². The second kappa shape index (κ2) is 12.8. The lowest BCUT2D eigenvalue weighted by Crippen LogP contribution is -2.35. The van der Waals surface area contributed by atoms with Gasteiger partial charge in [-0.2, -0.15) is 4.31 Å². The lowest BCUT2D eigenvalue weighted by Gasteiger charge is -2.21. The first-order valence-corrected chi connectivity index (χ1v) is 13.1. The van der Waals surface area contributed by atoms with E-state index in [1.165, 1.54) is 24.6 Å². The summed E-state index contributed by atoms with van der Waals surface area (Å²) in [6.45, 7) is 2.77. The van der Waals surface area contributed by atoms with Crippen molar-refractivity contribution in [2.45, 2.75) is 37.5 Å². The number of sulfonamides is 1. The Morgan fingerprint density at radius 2 is 1.57 bits per heavy atom. The molecule has 0 aliphatic heterocycles. The first-order valence-electron chi connectivity index (χ1n) is 11.7. The summed E-state index contributed by atoms with van der Waals surface area (Å²) in [5.74, 6) is 0.493. The molecule has 0 atom stereocenters. The Hall–Kier alpha value is -3.58. The summed E-state index contributed by atoms with van der Waals surface area (Å²) in [4.78, 5) is 13.2. The number of unbranched alkanes of at least 4 members (excludes halogenated alkanes) is 3. The first-order chi connectivity index (χ1) is 17.0. The molecule has 35 heavy (non-hydrogen) atoms. The number of carbonyl (C=O) groups excluding carboxylic acids is 1. The van der Waals surface area contributed by atoms with E-state index in [1.807, 2.05) is 0 Å². The second-order valence-electron chi connectivity index (χ2n) is 7.91. The number of anilines is 1. The highest BCUT2D eigenvalue weighted by Gasteiger charge is 2.29. The van der Waals surface area contributed by atoms with E-state index in [9.17, 15) is 13.2 Å². The van der Waals surface area contributed by atoms with Crippen molar-refractivity contribution in [3.63, 3.8) is 0 Å². The van der Waals surface area contributed by atoms with Gasteiger partial charge in [-0.15, -0.1) is 0 Å². The molecule has 6 nitrogen and oxygen atoms in total. The highest BCUT2D eigenvalue weighted by atomic mass is 32.2. The molecular formula is C28H31NO5S. The number of rotatable bonds is 12. The number of amides is 1. The maximum atomic E-state index is 13.3. The summed E-state index contributed by atoms with van der Waals surface area (Å²) in [5, 5.41) is 0. The molecule has 0 aliphatic rings. The maximum absolute atomic E-state index is 13.3. The number of carbonyl (C=O) groups is 1. The number of ether oxygens (including phenoxy) is 2. The number of nitrogens with zero attached hydrogens (tertiary/aromatic N) is 1. The topological polar surface area (TPSA) is 72.9 Å². The van der Waals surface area contributed by atoms with Crippen LogP contribution >= 0.6 is 0 Å². The summed E-state index contributed by atoms with van der Waals surface area (Å²) in [6.07, 6.45) is 7.24. The van der Waals surface area contributed by atoms with Gasteiger partial charge < -0.3 is 9.47 Å². The smallest absolute Gasteiger partial charge is 0.271 e. The predicted octanol–water partition coefficient (Wildman–Crippen LogP) is 6.09. The zero-order valence-corrected chi connectivity index (χ0v) is 20.9. The molecule has 1 amide bonds. The van der Waals surface area contributed by atoms with Gasteiger partial charge in [0.05, 0.1) is 24.3 Å². The normalized spacial score (nSPS) is 11.4. The lowest BCUT2D eigenvalue weighted by atomic mass is 10.2. The predicted molar refractivity (Wildman–Crippen MR) is 139 cm³/mol. The number of hydrogen-bond donors (Lipinski definition) is 0. The number of para-hydroxylation sites is 1. The first kappa shape index (κ1) is 26.0. The third-order valence-electron chi connectivity index (χ3n) is 5.33. The molecule has 3 aromatic carbocycles. The summed E-state index contributed by atoms with van der Waals surface area (Å²) in [7, 11) is -2.55. The van der Waals surface area contributed by atoms with E-state index < -0.39 is 15.9 Å². The Morgan fingerprint density at radius 3 is 2.23 bits per heavy atom. The van der Waals surface area contributed by atoms with Crippen LogP contribution in [-0.2, 0) is 14.8 Å². The Morgan fingerprint density at radius 1 is 0.886 bits per heavy atom. The number of hydrogen-bond acceptors (Lipinski definition) is 5. The van der Waals surface area contributed by atoms with Crippen molar-refractivity contribution >= 4 is 27.7 Å². The molecule has 7 heteroatoms. The average Bonchev–Trinajstić information content (AvgIpc) is 2.89. The van der Waals surface area contributed by atoms with Crippen molar-refractivity contribution in [1.29, 1.82) is 0 Å². The lowest BCUT2D eigenvalue weighted by molar-refractivity contribution is -0.113. The van der Waals surface area contributed by atoms with Gasteiger partial charge in [0.1, 0.15) is 0 Å². The molecule has 0 heterocycles. The zero-order valence-electron chi connectivity index (χ0n) is 20.1. The third kappa shape index (κ3) is 6.96. The molecule has 0 fully saturated rings. The fourth-order valence-corrected chi connectivity index (χ4v) is 4.91. The van der Waals surface area contributed by atoms with Crippen LogP contribution in [0, 0.1) is 0 Å². The van der Waals surface area contributed by atoms with Gasteiger partial charge in [-0.05, 0) is 54.5 Å². The van der Waals surface area contributed by atoms with Gasteiger partial charge in [0, 0.05) is 6.08 Å². The van der Waals surface area contributed by atoms with E-state index in [-0.39, 0.29) is 10.6 Å².